The Balaban J connectivity index is 2.19. The first-order valence-electron chi connectivity index (χ1n) is 6.42. The summed E-state index contributed by atoms with van der Waals surface area (Å²) in [7, 11) is 0. The Kier molecular flexibility index (Phi) is 4.19. The van der Waals surface area contributed by atoms with Gasteiger partial charge in [-0.1, -0.05) is 13.0 Å². The van der Waals surface area contributed by atoms with E-state index in [1.54, 1.807) is 17.4 Å². The predicted molar refractivity (Wildman–Crippen MR) is 75.6 cm³/mol. The average molecular weight is 264 g/mol. The van der Waals surface area contributed by atoms with E-state index < -0.39 is 6.04 Å². The normalized spacial score (nSPS) is 20.3. The summed E-state index contributed by atoms with van der Waals surface area (Å²) in [6.07, 6.45) is 4.15. The number of hydrogen-bond donors (Lipinski definition) is 1. The van der Waals surface area contributed by atoms with Gasteiger partial charge < -0.3 is 10.6 Å². The number of amides is 1. The minimum atomic E-state index is -0.447. The molecule has 18 heavy (non-hydrogen) atoms. The van der Waals surface area contributed by atoms with E-state index in [0.29, 0.717) is 6.42 Å². The first kappa shape index (κ1) is 13.3. The number of carbonyl (C=O) groups excluding carboxylic acids is 1. The van der Waals surface area contributed by atoms with Crippen LogP contribution in [-0.4, -0.2) is 23.4 Å². The van der Waals surface area contributed by atoms with E-state index >= 15 is 0 Å². The van der Waals surface area contributed by atoms with E-state index in [1.807, 2.05) is 4.90 Å². The SMILES string of the molecule is C=CCC(N)C(=O)N1CCc2sccc2C1CC. The highest BCUT2D eigenvalue weighted by molar-refractivity contribution is 7.10. The fraction of sp³-hybridized carbons (Fsp3) is 0.500. The summed E-state index contributed by atoms with van der Waals surface area (Å²) in [5.41, 5.74) is 7.22. The molecule has 1 aliphatic heterocycles. The molecule has 0 bridgehead atoms. The molecule has 1 aliphatic rings. The van der Waals surface area contributed by atoms with Gasteiger partial charge in [0, 0.05) is 11.4 Å². The van der Waals surface area contributed by atoms with Crippen molar-refractivity contribution in [1.29, 1.82) is 0 Å². The van der Waals surface area contributed by atoms with Crippen molar-refractivity contribution in [2.75, 3.05) is 6.54 Å². The zero-order valence-electron chi connectivity index (χ0n) is 10.8. The Morgan fingerprint density at radius 2 is 2.56 bits per heavy atom. The highest BCUT2D eigenvalue weighted by Gasteiger charge is 2.32. The van der Waals surface area contributed by atoms with E-state index in [-0.39, 0.29) is 11.9 Å². The quantitative estimate of drug-likeness (QED) is 0.849. The van der Waals surface area contributed by atoms with Gasteiger partial charge in [-0.3, -0.25) is 4.79 Å². The molecular formula is C14H20N2OS. The summed E-state index contributed by atoms with van der Waals surface area (Å²) in [5.74, 6) is 0.0543. The molecule has 3 nitrogen and oxygen atoms in total. The third-order valence-electron chi connectivity index (χ3n) is 3.50. The van der Waals surface area contributed by atoms with Gasteiger partial charge in [0.05, 0.1) is 12.1 Å². The largest absolute Gasteiger partial charge is 0.334 e. The van der Waals surface area contributed by atoms with Gasteiger partial charge in [-0.2, -0.15) is 0 Å². The molecule has 1 aromatic rings. The molecular weight excluding hydrogens is 244 g/mol. The first-order valence-corrected chi connectivity index (χ1v) is 7.30. The van der Waals surface area contributed by atoms with Crippen LogP contribution < -0.4 is 5.73 Å². The lowest BCUT2D eigenvalue weighted by molar-refractivity contribution is -0.135. The van der Waals surface area contributed by atoms with Crippen LogP contribution in [0.5, 0.6) is 0 Å². The van der Waals surface area contributed by atoms with Gasteiger partial charge in [0.15, 0.2) is 0 Å². The highest BCUT2D eigenvalue weighted by Crippen LogP contribution is 2.35. The standard InChI is InChI=1S/C14H20N2OS/c1-3-5-11(15)14(17)16-8-6-13-10(7-9-18-13)12(16)4-2/h3,7,9,11-12H,1,4-6,8,15H2,2H3. The van der Waals surface area contributed by atoms with Crippen LogP contribution >= 0.6 is 11.3 Å². The summed E-state index contributed by atoms with van der Waals surface area (Å²) in [5, 5.41) is 2.12. The van der Waals surface area contributed by atoms with Crippen LogP contribution in [0, 0.1) is 0 Å². The van der Waals surface area contributed by atoms with E-state index in [2.05, 4.69) is 24.9 Å². The van der Waals surface area contributed by atoms with Crippen LogP contribution in [0.1, 0.15) is 36.2 Å². The molecule has 0 aromatic carbocycles. The Morgan fingerprint density at radius 3 is 3.22 bits per heavy atom. The molecule has 2 heterocycles. The average Bonchev–Trinajstić information content (AvgIpc) is 2.85. The van der Waals surface area contributed by atoms with Crippen molar-refractivity contribution in [1.82, 2.24) is 4.90 Å². The molecule has 1 amide bonds. The molecule has 98 valence electrons. The molecule has 1 aromatic heterocycles. The number of thiophene rings is 1. The van der Waals surface area contributed by atoms with Crippen molar-refractivity contribution in [2.45, 2.75) is 38.3 Å². The third kappa shape index (κ3) is 2.35. The maximum absolute atomic E-state index is 12.3. The van der Waals surface area contributed by atoms with Crippen LogP contribution in [0.15, 0.2) is 24.1 Å². The number of carbonyl (C=O) groups is 1. The zero-order valence-corrected chi connectivity index (χ0v) is 11.6. The molecule has 2 atom stereocenters. The second-order valence-electron chi connectivity index (χ2n) is 4.64. The van der Waals surface area contributed by atoms with Gasteiger partial charge in [-0.25, -0.2) is 0 Å². The van der Waals surface area contributed by atoms with Gasteiger partial charge in [-0.05, 0) is 36.3 Å². The second-order valence-corrected chi connectivity index (χ2v) is 5.64. The summed E-state index contributed by atoms with van der Waals surface area (Å²) in [6, 6.07) is 1.90. The van der Waals surface area contributed by atoms with E-state index in [1.165, 1.54) is 10.4 Å². The molecule has 2 unspecified atom stereocenters. The van der Waals surface area contributed by atoms with Crippen molar-refractivity contribution in [2.24, 2.45) is 5.73 Å². The fourth-order valence-corrected chi connectivity index (χ4v) is 3.52. The molecule has 2 rings (SSSR count). The summed E-state index contributed by atoms with van der Waals surface area (Å²) >= 11 is 1.79. The van der Waals surface area contributed by atoms with Gasteiger partial charge >= 0.3 is 0 Å². The number of fused-ring (bicyclic) bond motifs is 1. The minimum absolute atomic E-state index is 0.0543. The van der Waals surface area contributed by atoms with Crippen LogP contribution in [0.3, 0.4) is 0 Å². The van der Waals surface area contributed by atoms with Gasteiger partial charge in [-0.15, -0.1) is 17.9 Å². The van der Waals surface area contributed by atoms with Crippen molar-refractivity contribution in [3.8, 4) is 0 Å². The summed E-state index contributed by atoms with van der Waals surface area (Å²) < 4.78 is 0. The van der Waals surface area contributed by atoms with Crippen LogP contribution in [0.4, 0.5) is 0 Å². The van der Waals surface area contributed by atoms with Gasteiger partial charge in [0.1, 0.15) is 0 Å². The highest BCUT2D eigenvalue weighted by atomic mass is 32.1. The van der Waals surface area contributed by atoms with Crippen molar-refractivity contribution in [3.63, 3.8) is 0 Å². The lowest BCUT2D eigenvalue weighted by Gasteiger charge is -2.36. The molecule has 0 fully saturated rings. The zero-order chi connectivity index (χ0) is 13.1. The molecule has 0 aliphatic carbocycles. The minimum Gasteiger partial charge on any atom is -0.334 e. The smallest absolute Gasteiger partial charge is 0.240 e. The summed E-state index contributed by atoms with van der Waals surface area (Å²) in [4.78, 5) is 15.7. The maximum atomic E-state index is 12.3. The molecule has 2 N–H and O–H groups in total. The van der Waals surface area contributed by atoms with Crippen LogP contribution in [0.2, 0.25) is 0 Å². The monoisotopic (exact) mass is 264 g/mol. The maximum Gasteiger partial charge on any atom is 0.240 e. The Bertz CT molecular complexity index is 441. The molecule has 0 saturated carbocycles. The second kappa shape index (κ2) is 5.67. The van der Waals surface area contributed by atoms with E-state index in [9.17, 15) is 4.79 Å². The lowest BCUT2D eigenvalue weighted by atomic mass is 9.96. The molecule has 0 radical (unpaired) electrons. The van der Waals surface area contributed by atoms with Gasteiger partial charge in [0.25, 0.3) is 0 Å². The predicted octanol–water partition coefficient (Wildman–Crippen LogP) is 2.49. The topological polar surface area (TPSA) is 46.3 Å². The number of nitrogens with zero attached hydrogens (tertiary/aromatic N) is 1. The molecule has 4 heteroatoms. The Morgan fingerprint density at radius 1 is 1.78 bits per heavy atom. The lowest BCUT2D eigenvalue weighted by Crippen LogP contribution is -2.47. The van der Waals surface area contributed by atoms with E-state index in [4.69, 9.17) is 5.73 Å². The van der Waals surface area contributed by atoms with Crippen LogP contribution in [-0.2, 0) is 11.2 Å². The fourth-order valence-electron chi connectivity index (χ4n) is 2.59. The molecule has 0 saturated heterocycles. The number of hydrogen-bond acceptors (Lipinski definition) is 3. The first-order chi connectivity index (χ1) is 8.69. The van der Waals surface area contributed by atoms with Crippen molar-refractivity contribution >= 4 is 17.2 Å². The van der Waals surface area contributed by atoms with Crippen LogP contribution in [0.25, 0.3) is 0 Å². The van der Waals surface area contributed by atoms with Crippen molar-refractivity contribution in [3.05, 3.63) is 34.5 Å². The van der Waals surface area contributed by atoms with Gasteiger partial charge in [0.2, 0.25) is 5.91 Å². The van der Waals surface area contributed by atoms with Crippen molar-refractivity contribution < 1.29 is 4.79 Å². The Labute approximate surface area is 112 Å². The third-order valence-corrected chi connectivity index (χ3v) is 4.50. The Hall–Kier alpha value is -1.13. The van der Waals surface area contributed by atoms with E-state index in [0.717, 1.165) is 19.4 Å². The molecule has 0 spiro atoms. The summed E-state index contributed by atoms with van der Waals surface area (Å²) in [6.45, 7) is 6.56. The number of nitrogens with two attached hydrogens (primary N) is 1. The number of rotatable bonds is 4.